The van der Waals surface area contributed by atoms with E-state index in [1.165, 1.54) is 0 Å². The van der Waals surface area contributed by atoms with Crippen LogP contribution in [0.15, 0.2) is 11.1 Å². The van der Waals surface area contributed by atoms with Crippen molar-refractivity contribution in [3.8, 4) is 0 Å². The van der Waals surface area contributed by atoms with Crippen molar-refractivity contribution in [3.63, 3.8) is 0 Å². The van der Waals surface area contributed by atoms with Crippen molar-refractivity contribution in [3.05, 3.63) is 6.20 Å². The molecule has 4 N–H and O–H groups in total. The average Bonchev–Trinajstić information content (AvgIpc) is 2.59. The third-order valence-electron chi connectivity index (χ3n) is 2.17. The van der Waals surface area contributed by atoms with Gasteiger partial charge in [0.15, 0.2) is 0 Å². The highest BCUT2D eigenvalue weighted by molar-refractivity contribution is 7.89. The number of hydrogen-bond acceptors (Lipinski definition) is 5. The minimum absolute atomic E-state index is 0.000745. The molecule has 0 spiro atoms. The first-order valence-corrected chi connectivity index (χ1v) is 6.64. The largest absolute Gasteiger partial charge is 0.389 e. The Morgan fingerprint density at radius 3 is 2.53 bits per heavy atom. The normalized spacial score (nSPS) is 13.2. The van der Waals surface area contributed by atoms with Crippen LogP contribution in [0.4, 0.5) is 5.82 Å². The van der Waals surface area contributed by atoms with Crippen molar-refractivity contribution in [2.75, 3.05) is 18.8 Å². The molecule has 0 aliphatic carbocycles. The summed E-state index contributed by atoms with van der Waals surface area (Å²) in [7, 11) is -3.72. The number of nitrogens with one attached hydrogen (secondary N) is 1. The summed E-state index contributed by atoms with van der Waals surface area (Å²) in [5.74, 6) is -0.000745. The predicted octanol–water partition coefficient (Wildman–Crippen LogP) is -0.227. The van der Waals surface area contributed by atoms with E-state index in [1.54, 1.807) is 20.8 Å². The first-order valence-electron chi connectivity index (χ1n) is 5.20. The summed E-state index contributed by atoms with van der Waals surface area (Å²) in [6, 6.07) is 0. The van der Waals surface area contributed by atoms with Crippen molar-refractivity contribution in [2.24, 2.45) is 0 Å². The molecule has 0 aromatic carbocycles. The van der Waals surface area contributed by atoms with Crippen LogP contribution in [0.25, 0.3) is 0 Å². The summed E-state index contributed by atoms with van der Waals surface area (Å²) in [5.41, 5.74) is 4.39. The Morgan fingerprint density at radius 1 is 1.59 bits per heavy atom. The maximum atomic E-state index is 12.2. The molecular weight excluding hydrogens is 244 g/mol. The van der Waals surface area contributed by atoms with Crippen LogP contribution in [0.2, 0.25) is 0 Å². The molecule has 0 aliphatic heterocycles. The molecule has 0 atom stereocenters. The summed E-state index contributed by atoms with van der Waals surface area (Å²) in [4.78, 5) is -0.0661. The van der Waals surface area contributed by atoms with Crippen LogP contribution in [0.5, 0.6) is 0 Å². The highest BCUT2D eigenvalue weighted by Gasteiger charge is 2.30. The zero-order valence-electron chi connectivity index (χ0n) is 10.1. The molecule has 1 heterocycles. The highest BCUT2D eigenvalue weighted by atomic mass is 32.2. The lowest BCUT2D eigenvalue weighted by Crippen LogP contribution is -2.42. The van der Waals surface area contributed by atoms with Crippen LogP contribution >= 0.6 is 0 Å². The number of nitrogens with two attached hydrogens (primary N) is 1. The molecule has 0 fully saturated rings. The van der Waals surface area contributed by atoms with E-state index in [9.17, 15) is 13.5 Å². The van der Waals surface area contributed by atoms with Crippen LogP contribution in [-0.4, -0.2) is 46.7 Å². The van der Waals surface area contributed by atoms with Gasteiger partial charge in [-0.3, -0.25) is 5.10 Å². The van der Waals surface area contributed by atoms with E-state index in [1.807, 2.05) is 0 Å². The number of rotatable bonds is 5. The zero-order valence-corrected chi connectivity index (χ0v) is 11.0. The minimum Gasteiger partial charge on any atom is -0.389 e. The molecule has 0 radical (unpaired) electrons. The lowest BCUT2D eigenvalue weighted by Gasteiger charge is -2.26. The molecule has 1 aromatic heterocycles. The maximum absolute atomic E-state index is 12.2. The van der Waals surface area contributed by atoms with Gasteiger partial charge < -0.3 is 10.8 Å². The Hall–Kier alpha value is -1.12. The fourth-order valence-electron chi connectivity index (χ4n) is 1.43. The van der Waals surface area contributed by atoms with Crippen LogP contribution in [0, 0.1) is 0 Å². The van der Waals surface area contributed by atoms with E-state index in [-0.39, 0.29) is 23.8 Å². The van der Waals surface area contributed by atoms with Crippen molar-refractivity contribution < 1.29 is 13.5 Å². The lowest BCUT2D eigenvalue weighted by atomic mass is 10.1. The fraction of sp³-hybridized carbons (Fsp3) is 0.667. The maximum Gasteiger partial charge on any atom is 0.248 e. The number of hydrogen-bond donors (Lipinski definition) is 3. The van der Waals surface area contributed by atoms with Gasteiger partial charge in [0.2, 0.25) is 10.0 Å². The number of H-pyrrole nitrogens is 1. The number of nitrogens with zero attached hydrogens (tertiary/aromatic N) is 2. The topological polar surface area (TPSA) is 112 Å². The monoisotopic (exact) mass is 262 g/mol. The Labute approximate surface area is 101 Å². The molecule has 0 aliphatic rings. The van der Waals surface area contributed by atoms with Crippen molar-refractivity contribution in [2.45, 2.75) is 31.3 Å². The van der Waals surface area contributed by atoms with Crippen LogP contribution in [0.1, 0.15) is 20.8 Å². The molecule has 0 saturated carbocycles. The van der Waals surface area contributed by atoms with Crippen molar-refractivity contribution in [1.82, 2.24) is 14.5 Å². The van der Waals surface area contributed by atoms with Gasteiger partial charge in [-0.15, -0.1) is 0 Å². The Morgan fingerprint density at radius 2 is 2.18 bits per heavy atom. The van der Waals surface area contributed by atoms with E-state index in [0.717, 1.165) is 10.5 Å². The zero-order chi connectivity index (χ0) is 13.3. The van der Waals surface area contributed by atoms with Gasteiger partial charge in [0.05, 0.1) is 11.8 Å². The van der Waals surface area contributed by atoms with E-state index in [0.29, 0.717) is 0 Å². The first kappa shape index (κ1) is 13.9. The molecule has 8 heteroatoms. The third-order valence-corrected chi connectivity index (χ3v) is 4.11. The van der Waals surface area contributed by atoms with Crippen LogP contribution in [0.3, 0.4) is 0 Å². The number of aliphatic hydroxyl groups is 1. The number of aromatic nitrogens is 2. The Bertz CT molecular complexity index is 475. The second kappa shape index (κ2) is 4.63. The number of anilines is 1. The van der Waals surface area contributed by atoms with Gasteiger partial charge >= 0.3 is 0 Å². The number of sulfonamides is 1. The highest BCUT2D eigenvalue weighted by Crippen LogP contribution is 2.21. The van der Waals surface area contributed by atoms with E-state index < -0.39 is 15.6 Å². The number of likely N-dealkylation sites (N-methyl/N-ethyl adjacent to an activating group) is 1. The summed E-state index contributed by atoms with van der Waals surface area (Å²) in [5, 5.41) is 15.6. The number of nitrogen functional groups attached to an aromatic ring is 1. The molecule has 17 heavy (non-hydrogen) atoms. The molecule has 0 saturated heterocycles. The standard InChI is InChI=1S/C9H18N4O3S/c1-4-13(6-9(2,3)14)17(15,16)7-5-11-12-8(7)10/h5,14H,4,6H2,1-3H3,(H3,10,11,12). The van der Waals surface area contributed by atoms with Crippen molar-refractivity contribution in [1.29, 1.82) is 0 Å². The van der Waals surface area contributed by atoms with E-state index in [2.05, 4.69) is 10.2 Å². The van der Waals surface area contributed by atoms with Crippen LogP contribution in [-0.2, 0) is 10.0 Å². The SMILES string of the molecule is CCN(CC(C)(C)O)S(=O)(=O)c1cn[nH]c1N. The smallest absolute Gasteiger partial charge is 0.248 e. The second-order valence-corrected chi connectivity index (χ2v) is 6.30. The molecule has 0 amide bonds. The lowest BCUT2D eigenvalue weighted by molar-refractivity contribution is 0.0601. The molecule has 0 bridgehead atoms. The quantitative estimate of drug-likeness (QED) is 0.678. The predicted molar refractivity (Wildman–Crippen MR) is 63.7 cm³/mol. The molecule has 7 nitrogen and oxygen atoms in total. The van der Waals surface area contributed by atoms with Crippen molar-refractivity contribution >= 4 is 15.8 Å². The minimum atomic E-state index is -3.72. The van der Waals surface area contributed by atoms with Gasteiger partial charge in [-0.1, -0.05) is 6.92 Å². The first-order chi connectivity index (χ1) is 7.68. The number of aromatic amines is 1. The van der Waals surface area contributed by atoms with Gasteiger partial charge in [0.25, 0.3) is 0 Å². The molecule has 98 valence electrons. The summed E-state index contributed by atoms with van der Waals surface area (Å²) in [6.07, 6.45) is 1.16. The Balaban J connectivity index is 3.08. The van der Waals surface area contributed by atoms with Gasteiger partial charge in [0.1, 0.15) is 10.7 Å². The molecule has 1 rings (SSSR count). The van der Waals surface area contributed by atoms with E-state index in [4.69, 9.17) is 5.73 Å². The Kier molecular flexibility index (Phi) is 3.80. The van der Waals surface area contributed by atoms with Gasteiger partial charge in [-0.05, 0) is 13.8 Å². The summed E-state index contributed by atoms with van der Waals surface area (Å²) >= 11 is 0. The third kappa shape index (κ3) is 3.18. The molecular formula is C9H18N4O3S. The second-order valence-electron chi connectivity index (χ2n) is 4.39. The average molecular weight is 262 g/mol. The fourth-order valence-corrected chi connectivity index (χ4v) is 3.04. The van der Waals surface area contributed by atoms with Gasteiger partial charge in [-0.25, -0.2) is 8.42 Å². The van der Waals surface area contributed by atoms with Crippen LogP contribution < -0.4 is 5.73 Å². The van der Waals surface area contributed by atoms with Gasteiger partial charge in [-0.2, -0.15) is 9.40 Å². The van der Waals surface area contributed by atoms with Gasteiger partial charge in [0, 0.05) is 13.1 Å². The summed E-state index contributed by atoms with van der Waals surface area (Å²) in [6.45, 7) is 5.03. The van der Waals surface area contributed by atoms with E-state index >= 15 is 0 Å². The summed E-state index contributed by atoms with van der Waals surface area (Å²) < 4.78 is 25.6. The molecule has 1 aromatic rings. The molecule has 0 unspecified atom stereocenters.